The Bertz CT molecular complexity index is 955. The SMILES string of the molecule is CCC(=O)/C(C)=C/OCc1cccc(I)c1-c1c(I)cccc1CO/C=C(\C)C(=O)CC. The van der Waals surface area contributed by atoms with Crippen molar-refractivity contribution in [1.29, 1.82) is 0 Å². The number of ketones is 2. The van der Waals surface area contributed by atoms with E-state index in [1.807, 2.05) is 38.1 Å². The molecule has 0 unspecified atom stereocenters. The first kappa shape index (κ1) is 26.6. The molecule has 0 spiro atoms. The maximum atomic E-state index is 11.8. The van der Waals surface area contributed by atoms with Gasteiger partial charge < -0.3 is 9.47 Å². The number of allylic oxidation sites excluding steroid dienone is 2. The molecule has 2 rings (SSSR count). The van der Waals surface area contributed by atoms with Crippen molar-refractivity contribution < 1.29 is 19.1 Å². The summed E-state index contributed by atoms with van der Waals surface area (Å²) in [6.07, 6.45) is 4.02. The van der Waals surface area contributed by atoms with E-state index in [1.165, 1.54) is 0 Å². The summed E-state index contributed by atoms with van der Waals surface area (Å²) < 4.78 is 13.8. The average molecular weight is 658 g/mol. The molecule has 32 heavy (non-hydrogen) atoms. The van der Waals surface area contributed by atoms with Crippen molar-refractivity contribution in [2.75, 3.05) is 0 Å². The van der Waals surface area contributed by atoms with Gasteiger partial charge in [0.15, 0.2) is 11.6 Å². The molecule has 2 aromatic carbocycles. The van der Waals surface area contributed by atoms with Crippen LogP contribution in [0.3, 0.4) is 0 Å². The molecule has 0 atom stereocenters. The van der Waals surface area contributed by atoms with Gasteiger partial charge in [-0.05, 0) is 82.3 Å². The van der Waals surface area contributed by atoms with E-state index in [9.17, 15) is 9.59 Å². The van der Waals surface area contributed by atoms with Crippen molar-refractivity contribution in [3.8, 4) is 11.1 Å². The molecule has 0 aromatic heterocycles. The first-order valence-corrected chi connectivity index (χ1v) is 12.6. The molecule has 0 bridgehead atoms. The fraction of sp³-hybridized carbons (Fsp3) is 0.308. The average Bonchev–Trinajstić information content (AvgIpc) is 2.78. The molecule has 170 valence electrons. The highest BCUT2D eigenvalue weighted by molar-refractivity contribution is 14.1. The molecule has 4 nitrogen and oxygen atoms in total. The molecule has 0 aliphatic rings. The topological polar surface area (TPSA) is 52.6 Å². The Morgan fingerprint density at radius 2 is 1.12 bits per heavy atom. The molecule has 0 amide bonds. The number of hydrogen-bond donors (Lipinski definition) is 0. The van der Waals surface area contributed by atoms with E-state index in [0.29, 0.717) is 37.2 Å². The Kier molecular flexibility index (Phi) is 10.9. The van der Waals surface area contributed by atoms with Crippen molar-refractivity contribution in [3.05, 3.63) is 78.3 Å². The molecule has 0 heterocycles. The number of halogens is 2. The molecule has 0 aliphatic carbocycles. The second-order valence-electron chi connectivity index (χ2n) is 7.33. The van der Waals surface area contributed by atoms with E-state index in [4.69, 9.17) is 9.47 Å². The van der Waals surface area contributed by atoms with Crippen LogP contribution >= 0.6 is 45.2 Å². The Labute approximate surface area is 217 Å². The summed E-state index contributed by atoms with van der Waals surface area (Å²) in [5.74, 6) is 0.157. The van der Waals surface area contributed by atoms with Crippen molar-refractivity contribution in [1.82, 2.24) is 0 Å². The van der Waals surface area contributed by atoms with Gasteiger partial charge in [0.05, 0.1) is 12.5 Å². The number of hydrogen-bond acceptors (Lipinski definition) is 4. The third-order valence-corrected chi connectivity index (χ3v) is 6.77. The van der Waals surface area contributed by atoms with Crippen LogP contribution in [0.4, 0.5) is 0 Å². The highest BCUT2D eigenvalue weighted by atomic mass is 127. The number of Topliss-reactive ketones (excluding diaryl/α,β-unsaturated/α-hetero) is 2. The van der Waals surface area contributed by atoms with E-state index in [2.05, 4.69) is 57.3 Å². The molecule has 6 heteroatoms. The predicted octanol–water partition coefficient (Wildman–Crippen LogP) is 7.36. The van der Waals surface area contributed by atoms with Gasteiger partial charge >= 0.3 is 0 Å². The highest BCUT2D eigenvalue weighted by Gasteiger charge is 2.17. The lowest BCUT2D eigenvalue weighted by Gasteiger charge is -2.17. The third kappa shape index (κ3) is 7.16. The van der Waals surface area contributed by atoms with Gasteiger partial charge in [-0.2, -0.15) is 0 Å². The van der Waals surface area contributed by atoms with Crippen molar-refractivity contribution >= 4 is 56.7 Å². The number of carbonyl (C=O) groups is 2. The van der Waals surface area contributed by atoms with E-state index in [1.54, 1.807) is 26.4 Å². The van der Waals surface area contributed by atoms with Crippen LogP contribution in [-0.4, -0.2) is 11.6 Å². The summed E-state index contributed by atoms with van der Waals surface area (Å²) in [7, 11) is 0. The summed E-state index contributed by atoms with van der Waals surface area (Å²) in [6, 6.07) is 12.2. The third-order valence-electron chi connectivity index (χ3n) is 4.97. The number of carbonyl (C=O) groups excluding carboxylic acids is 2. The van der Waals surface area contributed by atoms with Crippen LogP contribution in [0.1, 0.15) is 51.7 Å². The fourth-order valence-corrected chi connectivity index (χ4v) is 4.79. The Hall–Kier alpha value is -1.68. The first-order valence-electron chi connectivity index (χ1n) is 10.5. The maximum Gasteiger partial charge on any atom is 0.161 e. The van der Waals surface area contributed by atoms with Crippen LogP contribution in [-0.2, 0) is 32.3 Å². The van der Waals surface area contributed by atoms with Gasteiger partial charge in [0, 0.05) is 42.3 Å². The number of ether oxygens (including phenoxy) is 2. The zero-order valence-electron chi connectivity index (χ0n) is 18.8. The van der Waals surface area contributed by atoms with E-state index in [-0.39, 0.29) is 11.6 Å². The standard InChI is InChI=1S/C26H28I2O4/c1-5-23(29)17(3)13-31-15-19-9-7-11-21(27)25(19)26-20(10-8-12-22(26)28)16-32-14-18(4)24(30)6-2/h7-14H,5-6,15-16H2,1-4H3/b17-13+,18-14+. The monoisotopic (exact) mass is 658 g/mol. The van der Waals surface area contributed by atoms with E-state index >= 15 is 0 Å². The molecular formula is C26H28I2O4. The van der Waals surface area contributed by atoms with Gasteiger partial charge in [-0.25, -0.2) is 0 Å². The lowest BCUT2D eigenvalue weighted by atomic mass is 9.96. The highest BCUT2D eigenvalue weighted by Crippen LogP contribution is 2.36. The maximum absolute atomic E-state index is 11.8. The largest absolute Gasteiger partial charge is 0.496 e. The van der Waals surface area contributed by atoms with Crippen LogP contribution in [0.2, 0.25) is 0 Å². The molecular weight excluding hydrogens is 630 g/mol. The Morgan fingerprint density at radius 1 is 0.750 bits per heavy atom. The molecule has 0 N–H and O–H groups in total. The predicted molar refractivity (Wildman–Crippen MR) is 145 cm³/mol. The van der Waals surface area contributed by atoms with Gasteiger partial charge in [0.1, 0.15) is 13.2 Å². The second kappa shape index (κ2) is 13.1. The van der Waals surface area contributed by atoms with Crippen molar-refractivity contribution in [2.45, 2.75) is 53.8 Å². The van der Waals surface area contributed by atoms with Crippen LogP contribution in [0.25, 0.3) is 11.1 Å². The summed E-state index contributed by atoms with van der Waals surface area (Å²) in [6.45, 7) is 7.94. The van der Waals surface area contributed by atoms with Crippen LogP contribution in [0.5, 0.6) is 0 Å². The molecule has 0 radical (unpaired) electrons. The Morgan fingerprint density at radius 3 is 1.47 bits per heavy atom. The summed E-state index contributed by atoms with van der Waals surface area (Å²) >= 11 is 4.68. The molecule has 0 aliphatic heterocycles. The quantitative estimate of drug-likeness (QED) is 0.144. The lowest BCUT2D eigenvalue weighted by Crippen LogP contribution is -2.02. The van der Waals surface area contributed by atoms with Gasteiger partial charge in [-0.3, -0.25) is 9.59 Å². The van der Waals surface area contributed by atoms with E-state index in [0.717, 1.165) is 29.4 Å². The molecule has 2 aromatic rings. The molecule has 0 fully saturated rings. The summed E-state index contributed by atoms with van der Waals surface area (Å²) in [4.78, 5) is 23.6. The number of benzene rings is 2. The molecule has 0 saturated heterocycles. The minimum absolute atomic E-state index is 0.0785. The lowest BCUT2D eigenvalue weighted by molar-refractivity contribution is -0.116. The van der Waals surface area contributed by atoms with Gasteiger partial charge in [-0.15, -0.1) is 0 Å². The van der Waals surface area contributed by atoms with Crippen LogP contribution in [0.15, 0.2) is 60.1 Å². The summed E-state index contributed by atoms with van der Waals surface area (Å²) in [5.41, 5.74) is 5.48. The first-order chi connectivity index (χ1) is 15.3. The minimum Gasteiger partial charge on any atom is -0.496 e. The van der Waals surface area contributed by atoms with Crippen LogP contribution in [0, 0.1) is 7.14 Å². The smallest absolute Gasteiger partial charge is 0.161 e. The second-order valence-corrected chi connectivity index (χ2v) is 9.65. The summed E-state index contributed by atoms with van der Waals surface area (Å²) in [5, 5.41) is 0. The molecule has 0 saturated carbocycles. The number of rotatable bonds is 11. The minimum atomic E-state index is 0.0785. The fourth-order valence-electron chi connectivity index (χ4n) is 3.14. The van der Waals surface area contributed by atoms with Gasteiger partial charge in [0.25, 0.3) is 0 Å². The van der Waals surface area contributed by atoms with Crippen molar-refractivity contribution in [3.63, 3.8) is 0 Å². The van der Waals surface area contributed by atoms with Gasteiger partial charge in [0.2, 0.25) is 0 Å². The van der Waals surface area contributed by atoms with Crippen LogP contribution < -0.4 is 0 Å². The normalized spacial score (nSPS) is 11.9. The van der Waals surface area contributed by atoms with Crippen molar-refractivity contribution in [2.24, 2.45) is 0 Å². The van der Waals surface area contributed by atoms with E-state index < -0.39 is 0 Å². The zero-order valence-corrected chi connectivity index (χ0v) is 23.2. The zero-order chi connectivity index (χ0) is 23.7. The Balaban J connectivity index is 2.37. The van der Waals surface area contributed by atoms with Gasteiger partial charge in [-0.1, -0.05) is 38.1 Å².